The molecule has 1 heterocycles. The van der Waals surface area contributed by atoms with Gasteiger partial charge in [0.15, 0.2) is 0 Å². The molecule has 0 bridgehead atoms. The van der Waals surface area contributed by atoms with E-state index in [2.05, 4.69) is 4.90 Å². The van der Waals surface area contributed by atoms with Crippen LogP contribution in [0.2, 0.25) is 0 Å². The van der Waals surface area contributed by atoms with Crippen molar-refractivity contribution in [2.75, 3.05) is 24.5 Å². The molecular weight excluding hydrogens is 327 g/mol. The minimum absolute atomic E-state index is 0.155. The van der Waals surface area contributed by atoms with Gasteiger partial charge in [0.1, 0.15) is 6.17 Å². The number of hydrogen-bond donors (Lipinski definition) is 0. The van der Waals surface area contributed by atoms with E-state index in [4.69, 9.17) is 0 Å². The maximum Gasteiger partial charge on any atom is 0.226 e. The maximum atomic E-state index is 14.5. The Labute approximate surface area is 155 Å². The third-order valence-electron chi connectivity index (χ3n) is 5.11. The minimum Gasteiger partial charge on any atom is -0.309 e. The van der Waals surface area contributed by atoms with E-state index in [0.717, 1.165) is 37.2 Å². The average molecular weight is 354 g/mol. The predicted octanol–water partition coefficient (Wildman–Crippen LogP) is 4.60. The second-order valence-corrected chi connectivity index (χ2v) is 6.86. The molecule has 2 aromatic rings. The summed E-state index contributed by atoms with van der Waals surface area (Å²) in [6.45, 7) is 3.96. The lowest BCUT2D eigenvalue weighted by atomic mass is 10.0. The van der Waals surface area contributed by atoms with Crippen molar-refractivity contribution >= 4 is 11.6 Å². The van der Waals surface area contributed by atoms with Crippen LogP contribution in [0.1, 0.15) is 37.9 Å². The quantitative estimate of drug-likeness (QED) is 0.757. The molecular formula is C22H27FN2O. The van der Waals surface area contributed by atoms with Crippen molar-refractivity contribution < 1.29 is 9.18 Å². The molecule has 138 valence electrons. The summed E-state index contributed by atoms with van der Waals surface area (Å²) in [4.78, 5) is 16.6. The highest BCUT2D eigenvalue weighted by Gasteiger charge is 2.29. The molecule has 1 aliphatic rings. The van der Waals surface area contributed by atoms with E-state index in [1.165, 1.54) is 0 Å². The van der Waals surface area contributed by atoms with Gasteiger partial charge in [-0.3, -0.25) is 9.69 Å². The molecule has 0 aromatic heterocycles. The van der Waals surface area contributed by atoms with E-state index in [-0.39, 0.29) is 11.9 Å². The lowest BCUT2D eigenvalue weighted by Crippen LogP contribution is -2.48. The third-order valence-corrected chi connectivity index (χ3v) is 5.11. The van der Waals surface area contributed by atoms with E-state index in [0.29, 0.717) is 13.0 Å². The number of piperidine rings is 1. The number of carbonyl (C=O) groups excluding carboxylic acids is 1. The number of carbonyl (C=O) groups is 1. The summed E-state index contributed by atoms with van der Waals surface area (Å²) < 4.78 is 14.5. The van der Waals surface area contributed by atoms with Gasteiger partial charge in [0.2, 0.25) is 5.91 Å². The second-order valence-electron chi connectivity index (χ2n) is 6.86. The Morgan fingerprint density at radius 3 is 2.23 bits per heavy atom. The van der Waals surface area contributed by atoms with Gasteiger partial charge in [-0.25, -0.2) is 4.39 Å². The van der Waals surface area contributed by atoms with Gasteiger partial charge >= 0.3 is 0 Å². The van der Waals surface area contributed by atoms with Crippen molar-refractivity contribution in [2.45, 2.75) is 38.4 Å². The van der Waals surface area contributed by atoms with E-state index in [1.54, 1.807) is 0 Å². The molecule has 0 saturated carbocycles. The second kappa shape index (κ2) is 8.95. The van der Waals surface area contributed by atoms with E-state index >= 15 is 0 Å². The smallest absolute Gasteiger partial charge is 0.226 e. The van der Waals surface area contributed by atoms with E-state index in [1.807, 2.05) is 72.5 Å². The Kier molecular flexibility index (Phi) is 6.40. The fourth-order valence-corrected chi connectivity index (χ4v) is 3.67. The Morgan fingerprint density at radius 1 is 1.08 bits per heavy atom. The first-order valence-electron chi connectivity index (χ1n) is 9.47. The van der Waals surface area contributed by atoms with Crippen LogP contribution in [0.3, 0.4) is 0 Å². The van der Waals surface area contributed by atoms with E-state index in [9.17, 15) is 9.18 Å². The van der Waals surface area contributed by atoms with Crippen molar-refractivity contribution in [3.63, 3.8) is 0 Å². The number of rotatable bonds is 6. The highest BCUT2D eigenvalue weighted by molar-refractivity contribution is 5.93. The summed E-state index contributed by atoms with van der Waals surface area (Å²) in [5.74, 6) is 0.155. The monoisotopic (exact) mass is 354 g/mol. The van der Waals surface area contributed by atoms with Gasteiger partial charge in [-0.05, 0) is 30.5 Å². The zero-order chi connectivity index (χ0) is 18.4. The molecule has 3 nitrogen and oxygen atoms in total. The molecule has 0 radical (unpaired) electrons. The van der Waals surface area contributed by atoms with Gasteiger partial charge in [-0.1, -0.05) is 55.5 Å². The first-order valence-corrected chi connectivity index (χ1v) is 9.47. The number of likely N-dealkylation sites (tertiary alicyclic amines) is 1. The molecule has 1 saturated heterocycles. The summed E-state index contributed by atoms with van der Waals surface area (Å²) >= 11 is 0. The number of para-hydroxylation sites is 1. The molecule has 3 rings (SSSR count). The topological polar surface area (TPSA) is 23.6 Å². The van der Waals surface area contributed by atoms with Gasteiger partial charge in [0.05, 0.1) is 0 Å². The van der Waals surface area contributed by atoms with Gasteiger partial charge in [-0.2, -0.15) is 0 Å². The average Bonchev–Trinajstić information content (AvgIpc) is 2.71. The highest BCUT2D eigenvalue weighted by Crippen LogP contribution is 2.26. The Morgan fingerprint density at radius 2 is 1.65 bits per heavy atom. The lowest BCUT2D eigenvalue weighted by Gasteiger charge is -2.39. The summed E-state index contributed by atoms with van der Waals surface area (Å²) in [7, 11) is 0. The first-order chi connectivity index (χ1) is 12.7. The third kappa shape index (κ3) is 4.50. The SMILES string of the molecule is CCC(=O)N(c1ccccc1)C1CCN(CC(F)c2ccccc2)CC1. The Balaban J connectivity index is 1.60. The van der Waals surface area contributed by atoms with E-state index < -0.39 is 6.17 Å². The number of nitrogens with zero attached hydrogens (tertiary/aromatic N) is 2. The molecule has 26 heavy (non-hydrogen) atoms. The summed E-state index contributed by atoms with van der Waals surface area (Å²) in [6.07, 6.45) is 1.29. The van der Waals surface area contributed by atoms with Crippen molar-refractivity contribution in [1.29, 1.82) is 0 Å². The normalized spacial score (nSPS) is 17.0. The van der Waals surface area contributed by atoms with Crippen LogP contribution in [0.25, 0.3) is 0 Å². The largest absolute Gasteiger partial charge is 0.309 e. The van der Waals surface area contributed by atoms with Crippen LogP contribution in [0, 0.1) is 0 Å². The molecule has 1 fully saturated rings. The number of anilines is 1. The summed E-state index contributed by atoms with van der Waals surface area (Å²) in [6, 6.07) is 19.4. The van der Waals surface area contributed by atoms with Gasteiger partial charge < -0.3 is 4.90 Å². The van der Waals surface area contributed by atoms with Crippen LogP contribution in [-0.4, -0.2) is 36.5 Å². The summed E-state index contributed by atoms with van der Waals surface area (Å²) in [5.41, 5.74) is 1.70. The fraction of sp³-hybridized carbons (Fsp3) is 0.409. The number of benzene rings is 2. The van der Waals surface area contributed by atoms with Crippen molar-refractivity contribution in [2.24, 2.45) is 0 Å². The zero-order valence-corrected chi connectivity index (χ0v) is 15.4. The molecule has 1 atom stereocenters. The van der Waals surface area contributed by atoms with Crippen LogP contribution in [0.5, 0.6) is 0 Å². The molecule has 0 spiro atoms. The number of hydrogen-bond acceptors (Lipinski definition) is 2. The van der Waals surface area contributed by atoms with Crippen LogP contribution in [0.15, 0.2) is 60.7 Å². The molecule has 1 amide bonds. The van der Waals surface area contributed by atoms with Crippen LogP contribution in [0.4, 0.5) is 10.1 Å². The molecule has 0 N–H and O–H groups in total. The van der Waals surface area contributed by atoms with Gasteiger partial charge in [-0.15, -0.1) is 0 Å². The molecule has 4 heteroatoms. The highest BCUT2D eigenvalue weighted by atomic mass is 19.1. The Bertz CT molecular complexity index is 684. The molecule has 1 aliphatic heterocycles. The van der Waals surface area contributed by atoms with Crippen molar-refractivity contribution in [3.05, 3.63) is 66.2 Å². The van der Waals surface area contributed by atoms with Crippen LogP contribution in [-0.2, 0) is 4.79 Å². The van der Waals surface area contributed by atoms with Gasteiger partial charge in [0.25, 0.3) is 0 Å². The first kappa shape index (κ1) is 18.6. The van der Waals surface area contributed by atoms with Crippen molar-refractivity contribution in [3.8, 4) is 0 Å². The van der Waals surface area contributed by atoms with Gasteiger partial charge in [0, 0.05) is 37.8 Å². The standard InChI is InChI=1S/C22H27FN2O/c1-2-22(26)25(19-11-7-4-8-12-19)20-13-15-24(16-14-20)17-21(23)18-9-5-3-6-10-18/h3-12,20-21H,2,13-17H2,1H3. The maximum absolute atomic E-state index is 14.5. The summed E-state index contributed by atoms with van der Waals surface area (Å²) in [5, 5.41) is 0. The van der Waals surface area contributed by atoms with Crippen LogP contribution < -0.4 is 4.90 Å². The number of halogens is 1. The Hall–Kier alpha value is -2.20. The molecule has 0 aliphatic carbocycles. The van der Waals surface area contributed by atoms with Crippen LogP contribution >= 0.6 is 0 Å². The zero-order valence-electron chi connectivity index (χ0n) is 15.4. The fourth-order valence-electron chi connectivity index (χ4n) is 3.67. The molecule has 1 unspecified atom stereocenters. The molecule has 2 aromatic carbocycles. The lowest BCUT2D eigenvalue weighted by molar-refractivity contribution is -0.119. The number of amides is 1. The minimum atomic E-state index is -0.963. The predicted molar refractivity (Wildman–Crippen MR) is 104 cm³/mol. The van der Waals surface area contributed by atoms with Crippen molar-refractivity contribution in [1.82, 2.24) is 4.90 Å². The number of alkyl halides is 1.